The van der Waals surface area contributed by atoms with Crippen LogP contribution in [-0.4, -0.2) is 24.3 Å². The summed E-state index contributed by atoms with van der Waals surface area (Å²) in [7, 11) is 0. The number of carbonyl (C=O) groups is 2. The van der Waals surface area contributed by atoms with Crippen LogP contribution in [0.5, 0.6) is 0 Å². The van der Waals surface area contributed by atoms with Gasteiger partial charge in [0.25, 0.3) is 0 Å². The molecule has 0 fully saturated rings. The molecule has 0 aromatic heterocycles. The zero-order valence-corrected chi connectivity index (χ0v) is 16.1. The fourth-order valence-electron chi connectivity index (χ4n) is 1.64. The van der Waals surface area contributed by atoms with Crippen LogP contribution < -0.4 is 0 Å². The van der Waals surface area contributed by atoms with Crippen molar-refractivity contribution < 1.29 is 14.7 Å². The van der Waals surface area contributed by atoms with Crippen LogP contribution in [0, 0.1) is 5.92 Å². The zero-order valence-electron chi connectivity index (χ0n) is 16.1. The van der Waals surface area contributed by atoms with E-state index < -0.39 is 0 Å². The van der Waals surface area contributed by atoms with Gasteiger partial charge in [0.15, 0.2) is 0 Å². The minimum absolute atomic E-state index is 0.372. The van der Waals surface area contributed by atoms with Gasteiger partial charge in [-0.3, -0.25) is 4.79 Å². The van der Waals surface area contributed by atoms with E-state index in [-0.39, 0.29) is 0 Å². The summed E-state index contributed by atoms with van der Waals surface area (Å²) >= 11 is 0. The lowest BCUT2D eigenvalue weighted by molar-refractivity contribution is -0.108. The highest BCUT2D eigenvalue weighted by atomic mass is 16.3. The van der Waals surface area contributed by atoms with Crippen molar-refractivity contribution in [3.63, 3.8) is 0 Å². The van der Waals surface area contributed by atoms with Crippen molar-refractivity contribution in [3.8, 4) is 0 Å². The fourth-order valence-corrected chi connectivity index (χ4v) is 1.64. The Morgan fingerprint density at radius 3 is 1.83 bits per heavy atom. The third kappa shape index (κ3) is 26.3. The molecule has 1 atom stereocenters. The van der Waals surface area contributed by atoms with Crippen LogP contribution in [0.3, 0.4) is 0 Å². The second kappa shape index (κ2) is 26.0. The average molecular weight is 329 g/mol. The van der Waals surface area contributed by atoms with E-state index in [4.69, 9.17) is 5.11 Å². The summed E-state index contributed by atoms with van der Waals surface area (Å²) in [6.45, 7) is 10.8. The van der Waals surface area contributed by atoms with Gasteiger partial charge < -0.3 is 9.90 Å². The quantitative estimate of drug-likeness (QED) is 0.402. The van der Waals surface area contributed by atoms with Crippen molar-refractivity contribution in [2.45, 2.75) is 92.4 Å². The van der Waals surface area contributed by atoms with Gasteiger partial charge in [0.1, 0.15) is 12.6 Å². The molecule has 0 radical (unpaired) electrons. The van der Waals surface area contributed by atoms with Gasteiger partial charge in [0.05, 0.1) is 0 Å². The van der Waals surface area contributed by atoms with Gasteiger partial charge in [0, 0.05) is 13.0 Å². The smallest absolute Gasteiger partial charge is 0.145 e. The third-order valence-electron chi connectivity index (χ3n) is 3.46. The molecule has 23 heavy (non-hydrogen) atoms. The van der Waals surface area contributed by atoms with Crippen LogP contribution in [0.1, 0.15) is 92.4 Å². The lowest BCUT2D eigenvalue weighted by atomic mass is 10.0. The third-order valence-corrected chi connectivity index (χ3v) is 3.46. The Bertz CT molecular complexity index is 256. The maximum Gasteiger partial charge on any atom is 0.145 e. The number of hydrogen-bond donors (Lipinski definition) is 1. The van der Waals surface area contributed by atoms with Crippen LogP contribution in [0.25, 0.3) is 0 Å². The molecule has 0 bridgehead atoms. The first-order valence-corrected chi connectivity index (χ1v) is 9.30. The molecule has 0 aliphatic carbocycles. The molecule has 138 valence electrons. The number of hydrogen-bond acceptors (Lipinski definition) is 3. The molecule has 1 unspecified atom stereocenters. The zero-order chi connectivity index (χ0) is 18.3. The SMILES string of the molecule is CCC/C=C(/C=O)CC.CCCC=O.CCCCC(CC)CO. The maximum absolute atomic E-state index is 10.2. The predicted octanol–water partition coefficient (Wildman–Crippen LogP) is 5.50. The summed E-state index contributed by atoms with van der Waals surface area (Å²) in [5.74, 6) is 0.560. The molecule has 0 aromatic carbocycles. The Balaban J connectivity index is -0.000000273. The maximum atomic E-state index is 10.2. The number of aliphatic hydroxyl groups is 1. The monoisotopic (exact) mass is 328 g/mol. The highest BCUT2D eigenvalue weighted by molar-refractivity contribution is 5.72. The Labute approximate surface area is 144 Å². The van der Waals surface area contributed by atoms with Crippen LogP contribution in [0.4, 0.5) is 0 Å². The Hall–Kier alpha value is -0.960. The molecule has 0 spiro atoms. The van der Waals surface area contributed by atoms with Gasteiger partial charge in [-0.25, -0.2) is 0 Å². The van der Waals surface area contributed by atoms with Crippen molar-refractivity contribution >= 4 is 12.6 Å². The van der Waals surface area contributed by atoms with Gasteiger partial charge >= 0.3 is 0 Å². The standard InChI is InChI=1S/C8H18O.C8H14O.C4H8O/c2*1-3-5-6-8(4-2)7-9;1-2-3-4-5/h8-9H,3-7H2,1-2H3;6-7H,3-5H2,1-2H3;4H,2-3H2,1H3/b;8-6+;. The average Bonchev–Trinajstić information content (AvgIpc) is 2.59. The first-order chi connectivity index (χ1) is 11.1. The van der Waals surface area contributed by atoms with Crippen molar-refractivity contribution in [1.29, 1.82) is 0 Å². The molecule has 0 heterocycles. The largest absolute Gasteiger partial charge is 0.396 e. The van der Waals surface area contributed by atoms with E-state index in [0.717, 1.165) is 50.2 Å². The molecule has 1 N–H and O–H groups in total. The van der Waals surface area contributed by atoms with Crippen LogP contribution in [-0.2, 0) is 9.59 Å². The van der Waals surface area contributed by atoms with Crippen molar-refractivity contribution in [3.05, 3.63) is 11.6 Å². The number of carbonyl (C=O) groups excluding carboxylic acids is 2. The molecule has 3 heteroatoms. The number of rotatable bonds is 11. The molecule has 0 aliphatic heterocycles. The number of aliphatic hydroxyl groups excluding tert-OH is 1. The van der Waals surface area contributed by atoms with Gasteiger partial charge in [-0.2, -0.15) is 0 Å². The summed E-state index contributed by atoms with van der Waals surface area (Å²) in [6.07, 6.45) is 13.4. The molecule has 0 rings (SSSR count). The molecule has 0 aliphatic rings. The van der Waals surface area contributed by atoms with E-state index >= 15 is 0 Å². The van der Waals surface area contributed by atoms with Crippen LogP contribution in [0.2, 0.25) is 0 Å². The summed E-state index contributed by atoms with van der Waals surface area (Å²) in [5, 5.41) is 8.75. The fraction of sp³-hybridized carbons (Fsp3) is 0.800. The van der Waals surface area contributed by atoms with Crippen LogP contribution >= 0.6 is 0 Å². The predicted molar refractivity (Wildman–Crippen MR) is 101 cm³/mol. The summed E-state index contributed by atoms with van der Waals surface area (Å²) < 4.78 is 0. The summed E-state index contributed by atoms with van der Waals surface area (Å²) in [6, 6.07) is 0. The van der Waals surface area contributed by atoms with Gasteiger partial charge in [-0.15, -0.1) is 0 Å². The second-order valence-corrected chi connectivity index (χ2v) is 5.59. The van der Waals surface area contributed by atoms with Gasteiger partial charge in [0.2, 0.25) is 0 Å². The van der Waals surface area contributed by atoms with E-state index in [2.05, 4.69) is 20.8 Å². The van der Waals surface area contributed by atoms with Gasteiger partial charge in [-0.1, -0.05) is 66.4 Å². The molecule has 0 aromatic rings. The minimum atomic E-state index is 0.372. The van der Waals surface area contributed by atoms with Crippen molar-refractivity contribution in [2.75, 3.05) is 6.61 Å². The number of unbranched alkanes of at least 4 members (excludes halogenated alkanes) is 3. The van der Waals surface area contributed by atoms with E-state index in [1.807, 2.05) is 19.9 Å². The number of allylic oxidation sites excluding steroid dienone is 2. The Morgan fingerprint density at radius 2 is 1.57 bits per heavy atom. The first-order valence-electron chi connectivity index (χ1n) is 9.30. The summed E-state index contributed by atoms with van der Waals surface area (Å²) in [4.78, 5) is 19.6. The molecular weight excluding hydrogens is 288 g/mol. The topological polar surface area (TPSA) is 54.4 Å². The first kappa shape index (κ1) is 26.9. The highest BCUT2D eigenvalue weighted by Crippen LogP contribution is 2.10. The Morgan fingerprint density at radius 1 is 0.957 bits per heavy atom. The summed E-state index contributed by atoms with van der Waals surface area (Å²) in [5.41, 5.74) is 0.928. The normalized spacial score (nSPS) is 11.5. The lowest BCUT2D eigenvalue weighted by Gasteiger charge is -2.08. The minimum Gasteiger partial charge on any atom is -0.396 e. The van der Waals surface area contributed by atoms with E-state index in [1.54, 1.807) is 0 Å². The highest BCUT2D eigenvalue weighted by Gasteiger charge is 2.01. The molecule has 0 saturated heterocycles. The molecular formula is C20H40O3. The molecule has 0 amide bonds. The lowest BCUT2D eigenvalue weighted by Crippen LogP contribution is -2.03. The van der Waals surface area contributed by atoms with E-state index in [9.17, 15) is 9.59 Å². The Kier molecular flexibility index (Phi) is 30.4. The van der Waals surface area contributed by atoms with Crippen molar-refractivity contribution in [1.82, 2.24) is 0 Å². The molecule has 3 nitrogen and oxygen atoms in total. The second-order valence-electron chi connectivity index (χ2n) is 5.59. The molecule has 0 saturated carbocycles. The van der Waals surface area contributed by atoms with E-state index in [1.165, 1.54) is 19.3 Å². The van der Waals surface area contributed by atoms with Gasteiger partial charge in [-0.05, 0) is 37.2 Å². The van der Waals surface area contributed by atoms with Crippen LogP contribution in [0.15, 0.2) is 11.6 Å². The van der Waals surface area contributed by atoms with E-state index in [0.29, 0.717) is 18.9 Å². The van der Waals surface area contributed by atoms with Crippen molar-refractivity contribution in [2.24, 2.45) is 5.92 Å². The number of aldehydes is 2.